The van der Waals surface area contributed by atoms with E-state index in [4.69, 9.17) is 0 Å². The van der Waals surface area contributed by atoms with E-state index >= 15 is 0 Å². The van der Waals surface area contributed by atoms with Gasteiger partial charge in [-0.1, -0.05) is 0 Å². The molecule has 0 saturated heterocycles. The molecule has 120 valence electrons. The Labute approximate surface area is 132 Å². The molecule has 1 saturated carbocycles. The molecule has 0 bridgehead atoms. The van der Waals surface area contributed by atoms with Gasteiger partial charge in [0, 0.05) is 17.8 Å². The molecular weight excluding hydrogens is 302 g/mol. The van der Waals surface area contributed by atoms with Gasteiger partial charge in [-0.25, -0.2) is 8.78 Å². The number of hydrogen-bond acceptors (Lipinski definition) is 2. The normalized spacial score (nSPS) is 18.5. The fourth-order valence-electron chi connectivity index (χ4n) is 2.45. The van der Waals surface area contributed by atoms with Crippen LogP contribution in [0.25, 0.3) is 0 Å². The van der Waals surface area contributed by atoms with Gasteiger partial charge in [-0.05, 0) is 55.7 Å². The number of hydrogen-bond donors (Lipinski definition) is 2. The second kappa shape index (κ2) is 5.95. The molecule has 2 aliphatic carbocycles. The summed E-state index contributed by atoms with van der Waals surface area (Å²) in [6, 6.07) is 5.36. The van der Waals surface area contributed by atoms with Crippen molar-refractivity contribution in [2.24, 2.45) is 5.41 Å². The molecular formula is C17H16F2N2O2. The van der Waals surface area contributed by atoms with Crippen molar-refractivity contribution in [2.75, 3.05) is 5.32 Å². The van der Waals surface area contributed by atoms with Crippen molar-refractivity contribution in [2.45, 2.75) is 25.7 Å². The van der Waals surface area contributed by atoms with Crippen LogP contribution in [0.4, 0.5) is 14.5 Å². The molecule has 2 amide bonds. The fraction of sp³-hybridized carbons (Fsp3) is 0.294. The van der Waals surface area contributed by atoms with Crippen molar-refractivity contribution in [1.82, 2.24) is 5.32 Å². The maximum atomic E-state index is 13.0. The Morgan fingerprint density at radius 3 is 2.13 bits per heavy atom. The predicted molar refractivity (Wildman–Crippen MR) is 81.3 cm³/mol. The zero-order chi connectivity index (χ0) is 16.4. The lowest BCUT2D eigenvalue weighted by Crippen LogP contribution is -2.39. The number of halogens is 2. The molecule has 2 aliphatic rings. The van der Waals surface area contributed by atoms with Gasteiger partial charge in [0.15, 0.2) is 0 Å². The first-order valence-electron chi connectivity index (χ1n) is 7.43. The van der Waals surface area contributed by atoms with Gasteiger partial charge in [0.25, 0.3) is 0 Å². The van der Waals surface area contributed by atoms with Crippen LogP contribution in [0.15, 0.2) is 47.9 Å². The van der Waals surface area contributed by atoms with Gasteiger partial charge in [-0.15, -0.1) is 0 Å². The molecule has 4 nitrogen and oxygen atoms in total. The summed E-state index contributed by atoms with van der Waals surface area (Å²) in [7, 11) is 0. The quantitative estimate of drug-likeness (QED) is 0.838. The largest absolute Gasteiger partial charge is 0.329 e. The standard InChI is InChI=1S/C17H16F2N2O2/c18-11-1-5-13(6-2-11)20-15(22)17(9-10-17)16(23)21-14-7-3-12(19)4-8-14/h1-3,5-7H,4,8-10H2,(H,20,22)(H,21,23). The number of amides is 2. The first-order chi connectivity index (χ1) is 11.0. The summed E-state index contributed by atoms with van der Waals surface area (Å²) in [4.78, 5) is 24.7. The zero-order valence-electron chi connectivity index (χ0n) is 12.4. The molecule has 0 spiro atoms. The van der Waals surface area contributed by atoms with E-state index in [1.165, 1.54) is 36.4 Å². The van der Waals surface area contributed by atoms with Crippen molar-refractivity contribution in [1.29, 1.82) is 0 Å². The molecule has 0 radical (unpaired) electrons. The summed E-state index contributed by atoms with van der Waals surface area (Å²) in [6.45, 7) is 0. The SMILES string of the molecule is O=C(NC1=CC=C(F)CC1)C1(C(=O)Nc2ccc(F)cc2)CC1. The highest BCUT2D eigenvalue weighted by Crippen LogP contribution is 2.47. The van der Waals surface area contributed by atoms with E-state index in [9.17, 15) is 18.4 Å². The van der Waals surface area contributed by atoms with Gasteiger partial charge in [0.2, 0.25) is 11.8 Å². The van der Waals surface area contributed by atoms with Crippen molar-refractivity contribution in [3.63, 3.8) is 0 Å². The Morgan fingerprint density at radius 2 is 1.57 bits per heavy atom. The van der Waals surface area contributed by atoms with Gasteiger partial charge in [-0.2, -0.15) is 0 Å². The zero-order valence-corrected chi connectivity index (χ0v) is 12.4. The molecule has 1 aromatic rings. The Morgan fingerprint density at radius 1 is 0.913 bits per heavy atom. The highest BCUT2D eigenvalue weighted by molar-refractivity contribution is 6.13. The minimum Gasteiger partial charge on any atom is -0.329 e. The number of anilines is 1. The molecule has 6 heteroatoms. The molecule has 0 aromatic heterocycles. The summed E-state index contributed by atoms with van der Waals surface area (Å²) in [5.41, 5.74) is -0.0378. The lowest BCUT2D eigenvalue weighted by atomic mass is 10.0. The van der Waals surface area contributed by atoms with Crippen LogP contribution in [0.5, 0.6) is 0 Å². The molecule has 1 aromatic carbocycles. The van der Waals surface area contributed by atoms with Gasteiger partial charge >= 0.3 is 0 Å². The third kappa shape index (κ3) is 3.31. The molecule has 0 atom stereocenters. The van der Waals surface area contributed by atoms with Crippen molar-refractivity contribution < 1.29 is 18.4 Å². The number of nitrogens with one attached hydrogen (secondary N) is 2. The summed E-state index contributed by atoms with van der Waals surface area (Å²) < 4.78 is 25.8. The van der Waals surface area contributed by atoms with E-state index in [2.05, 4.69) is 10.6 Å². The highest BCUT2D eigenvalue weighted by Gasteiger charge is 2.56. The fourth-order valence-corrected chi connectivity index (χ4v) is 2.45. The van der Waals surface area contributed by atoms with Crippen molar-refractivity contribution >= 4 is 17.5 Å². The maximum absolute atomic E-state index is 13.0. The van der Waals surface area contributed by atoms with Crippen molar-refractivity contribution in [3.05, 3.63) is 53.8 Å². The second-order valence-corrected chi connectivity index (χ2v) is 5.80. The Kier molecular flexibility index (Phi) is 3.98. The maximum Gasteiger partial charge on any atom is 0.240 e. The van der Waals surface area contributed by atoms with Gasteiger partial charge < -0.3 is 10.6 Å². The summed E-state index contributed by atoms with van der Waals surface area (Å²) in [5.74, 6) is -1.40. The number of rotatable bonds is 4. The Hall–Kier alpha value is -2.50. The molecule has 2 N–H and O–H groups in total. The van der Waals surface area contributed by atoms with Crippen LogP contribution in [0.3, 0.4) is 0 Å². The molecule has 23 heavy (non-hydrogen) atoms. The van der Waals surface area contributed by atoms with Gasteiger partial charge in [0.05, 0.1) is 0 Å². The monoisotopic (exact) mass is 318 g/mol. The van der Waals surface area contributed by atoms with E-state index < -0.39 is 17.1 Å². The lowest BCUT2D eigenvalue weighted by molar-refractivity contribution is -0.133. The van der Waals surface area contributed by atoms with Crippen molar-refractivity contribution in [3.8, 4) is 0 Å². The lowest BCUT2D eigenvalue weighted by Gasteiger charge is -2.18. The molecule has 0 aliphatic heterocycles. The number of allylic oxidation sites excluding steroid dienone is 4. The number of benzene rings is 1. The van der Waals surface area contributed by atoms with Crippen LogP contribution >= 0.6 is 0 Å². The van der Waals surface area contributed by atoms with Crippen LogP contribution in [0.1, 0.15) is 25.7 Å². The van der Waals surface area contributed by atoms with Gasteiger partial charge in [0.1, 0.15) is 17.1 Å². The first-order valence-corrected chi connectivity index (χ1v) is 7.43. The Bertz CT molecular complexity index is 704. The average Bonchev–Trinajstić information content (AvgIpc) is 3.34. The molecule has 0 unspecified atom stereocenters. The first kappa shape index (κ1) is 15.4. The van der Waals surface area contributed by atoms with Crippen LogP contribution in [-0.2, 0) is 9.59 Å². The summed E-state index contributed by atoms with van der Waals surface area (Å²) in [6.07, 6.45) is 4.42. The minimum absolute atomic E-state index is 0.224. The van der Waals surface area contributed by atoms with Crippen LogP contribution in [0.2, 0.25) is 0 Å². The summed E-state index contributed by atoms with van der Waals surface area (Å²) >= 11 is 0. The molecule has 3 rings (SSSR count). The van der Waals surface area contributed by atoms with Crippen LogP contribution in [0, 0.1) is 11.2 Å². The highest BCUT2D eigenvalue weighted by atomic mass is 19.1. The van der Waals surface area contributed by atoms with E-state index in [0.29, 0.717) is 30.6 Å². The summed E-state index contributed by atoms with van der Waals surface area (Å²) in [5, 5.41) is 5.35. The minimum atomic E-state index is -1.09. The number of carbonyl (C=O) groups excluding carboxylic acids is 2. The van der Waals surface area contributed by atoms with E-state index in [1.54, 1.807) is 0 Å². The Balaban J connectivity index is 1.65. The topological polar surface area (TPSA) is 58.2 Å². The second-order valence-electron chi connectivity index (χ2n) is 5.80. The molecule has 1 fully saturated rings. The third-order valence-corrected chi connectivity index (χ3v) is 4.09. The van der Waals surface area contributed by atoms with Crippen LogP contribution in [-0.4, -0.2) is 11.8 Å². The van der Waals surface area contributed by atoms with E-state index in [-0.39, 0.29) is 18.2 Å². The average molecular weight is 318 g/mol. The smallest absolute Gasteiger partial charge is 0.240 e. The predicted octanol–water partition coefficient (Wildman–Crippen LogP) is 3.19. The van der Waals surface area contributed by atoms with E-state index in [0.717, 1.165) is 0 Å². The number of carbonyl (C=O) groups is 2. The third-order valence-electron chi connectivity index (χ3n) is 4.09. The van der Waals surface area contributed by atoms with Gasteiger partial charge in [-0.3, -0.25) is 9.59 Å². The van der Waals surface area contributed by atoms with E-state index in [1.807, 2.05) is 0 Å². The molecule has 0 heterocycles. The van der Waals surface area contributed by atoms with Crippen LogP contribution < -0.4 is 10.6 Å².